The molecule has 1 N–H and O–H groups in total. The second-order valence-electron chi connectivity index (χ2n) is 8.83. The van der Waals surface area contributed by atoms with Gasteiger partial charge in [0.25, 0.3) is 5.56 Å². The summed E-state index contributed by atoms with van der Waals surface area (Å²) in [7, 11) is 1.88. The van der Waals surface area contributed by atoms with Crippen LogP contribution in [0, 0.1) is 11.3 Å². The normalized spacial score (nSPS) is 16.2. The third kappa shape index (κ3) is 3.25. The highest BCUT2D eigenvalue weighted by Crippen LogP contribution is 2.35. The van der Waals surface area contributed by atoms with Crippen molar-refractivity contribution in [2.75, 3.05) is 18.0 Å². The summed E-state index contributed by atoms with van der Waals surface area (Å²) in [5.41, 5.74) is 5.12. The smallest absolute Gasteiger partial charge is 0.261 e. The molecule has 1 aliphatic rings. The summed E-state index contributed by atoms with van der Waals surface area (Å²) < 4.78 is 3.55. The van der Waals surface area contributed by atoms with Gasteiger partial charge in [0.2, 0.25) is 0 Å². The minimum absolute atomic E-state index is 0.00272. The number of hydrogen-bond acceptors (Lipinski definition) is 5. The molecule has 5 aromatic rings. The van der Waals surface area contributed by atoms with Gasteiger partial charge in [0.15, 0.2) is 0 Å². The molecule has 0 aliphatic carbocycles. The summed E-state index contributed by atoms with van der Waals surface area (Å²) in [6.45, 7) is 1.59. The van der Waals surface area contributed by atoms with Gasteiger partial charge in [-0.1, -0.05) is 12.1 Å². The number of fused-ring (bicyclic) bond motifs is 2. The van der Waals surface area contributed by atoms with Crippen LogP contribution in [0.4, 0.5) is 5.69 Å². The van der Waals surface area contributed by atoms with E-state index in [9.17, 15) is 10.1 Å². The van der Waals surface area contributed by atoms with Gasteiger partial charge in [-0.15, -0.1) is 0 Å². The van der Waals surface area contributed by atoms with Gasteiger partial charge in [-0.05, 0) is 43.2 Å². The number of nitriles is 1. The Kier molecular flexibility index (Phi) is 4.69. The predicted molar refractivity (Wildman–Crippen MR) is 132 cm³/mol. The summed E-state index contributed by atoms with van der Waals surface area (Å²) in [4.78, 5) is 23.5. The molecule has 0 amide bonds. The van der Waals surface area contributed by atoms with Crippen molar-refractivity contribution in [2.24, 2.45) is 7.05 Å². The van der Waals surface area contributed by atoms with E-state index in [2.05, 4.69) is 32.1 Å². The fourth-order valence-electron chi connectivity index (χ4n) is 5.03. The minimum atomic E-state index is 0.00272. The molecule has 34 heavy (non-hydrogen) atoms. The van der Waals surface area contributed by atoms with Crippen LogP contribution in [-0.2, 0) is 7.05 Å². The molecule has 0 spiro atoms. The monoisotopic (exact) mass is 449 g/mol. The molecule has 168 valence electrons. The van der Waals surface area contributed by atoms with Gasteiger partial charge in [-0.3, -0.25) is 14.0 Å². The zero-order chi connectivity index (χ0) is 23.2. The predicted octanol–water partition coefficient (Wildman–Crippen LogP) is 3.99. The maximum Gasteiger partial charge on any atom is 0.261 e. The van der Waals surface area contributed by atoms with Crippen LogP contribution in [-0.4, -0.2) is 37.4 Å². The lowest BCUT2D eigenvalue weighted by molar-refractivity contribution is 0.395. The van der Waals surface area contributed by atoms with E-state index < -0.39 is 0 Å². The van der Waals surface area contributed by atoms with Crippen molar-refractivity contribution < 1.29 is 0 Å². The third-order valence-electron chi connectivity index (χ3n) is 6.73. The topological polar surface area (TPSA) is 95.5 Å². The molecule has 3 aromatic heterocycles. The first kappa shape index (κ1) is 20.2. The largest absolute Gasteiger partial charge is 0.369 e. The van der Waals surface area contributed by atoms with Gasteiger partial charge in [0.1, 0.15) is 6.07 Å². The Balaban J connectivity index is 1.40. The zero-order valence-corrected chi connectivity index (χ0v) is 18.8. The highest BCUT2D eigenvalue weighted by molar-refractivity contribution is 5.99. The Morgan fingerprint density at radius 1 is 1.18 bits per heavy atom. The lowest BCUT2D eigenvalue weighted by atomic mass is 10.0. The summed E-state index contributed by atoms with van der Waals surface area (Å²) in [6.07, 6.45) is 7.33. The van der Waals surface area contributed by atoms with E-state index in [-0.39, 0.29) is 11.6 Å². The number of nitrogens with zero attached hydrogens (tertiary/aromatic N) is 6. The molecule has 1 aliphatic heterocycles. The van der Waals surface area contributed by atoms with Crippen molar-refractivity contribution in [3.8, 4) is 17.3 Å². The quantitative estimate of drug-likeness (QED) is 0.449. The maximum absolute atomic E-state index is 13.2. The van der Waals surface area contributed by atoms with Crippen molar-refractivity contribution in [3.05, 3.63) is 77.1 Å². The van der Waals surface area contributed by atoms with E-state index in [1.807, 2.05) is 55.8 Å². The van der Waals surface area contributed by atoms with Crippen molar-refractivity contribution >= 4 is 27.5 Å². The molecule has 6 rings (SSSR count). The van der Waals surface area contributed by atoms with Gasteiger partial charge >= 0.3 is 0 Å². The molecule has 1 fully saturated rings. The number of aromatic nitrogens is 5. The SMILES string of the molecule is Cn1cc(-c2cc3c(N4CCCC(n5cnc6ccccc6c5=O)C4)ccc(C#N)c3[nH]2)cn1. The molecule has 4 heterocycles. The van der Waals surface area contributed by atoms with Gasteiger partial charge in [0.05, 0.1) is 40.5 Å². The molecule has 2 aromatic carbocycles. The third-order valence-corrected chi connectivity index (χ3v) is 6.73. The number of nitrogens with one attached hydrogen (secondary N) is 1. The number of piperidine rings is 1. The Hall–Kier alpha value is -4.38. The van der Waals surface area contributed by atoms with Gasteiger partial charge < -0.3 is 9.88 Å². The Labute approximate surface area is 195 Å². The van der Waals surface area contributed by atoms with Crippen molar-refractivity contribution in [3.63, 3.8) is 0 Å². The second-order valence-corrected chi connectivity index (χ2v) is 8.83. The molecule has 8 nitrogen and oxygen atoms in total. The van der Waals surface area contributed by atoms with Crippen LogP contribution in [0.3, 0.4) is 0 Å². The highest BCUT2D eigenvalue weighted by Gasteiger charge is 2.25. The summed E-state index contributed by atoms with van der Waals surface area (Å²) in [6, 6.07) is 15.8. The number of anilines is 1. The first-order chi connectivity index (χ1) is 16.6. The number of hydrogen-bond donors (Lipinski definition) is 1. The first-order valence-corrected chi connectivity index (χ1v) is 11.4. The Morgan fingerprint density at radius 3 is 2.88 bits per heavy atom. The van der Waals surface area contributed by atoms with Gasteiger partial charge in [-0.2, -0.15) is 10.4 Å². The number of aromatic amines is 1. The Morgan fingerprint density at radius 2 is 2.06 bits per heavy atom. The van der Waals surface area contributed by atoms with Crippen molar-refractivity contribution in [1.29, 1.82) is 5.26 Å². The lowest BCUT2D eigenvalue weighted by Gasteiger charge is -2.35. The van der Waals surface area contributed by atoms with E-state index in [1.165, 1.54) is 0 Å². The standard InChI is InChI=1S/C26H23N7O/c1-31-14-18(13-29-31)23-11-21-24(9-8-17(12-27)25(21)30-23)32-10-4-5-19(15-32)33-16-28-22-7-3-2-6-20(22)26(33)34/h2-3,6-9,11,13-14,16,19,30H,4-5,10,15H2,1H3. The fourth-order valence-corrected chi connectivity index (χ4v) is 5.03. The number of benzene rings is 2. The van der Waals surface area contributed by atoms with Crippen LogP contribution < -0.4 is 10.5 Å². The molecular formula is C26H23N7O. The lowest BCUT2D eigenvalue weighted by Crippen LogP contribution is -2.40. The minimum Gasteiger partial charge on any atom is -0.369 e. The molecular weight excluding hydrogens is 426 g/mol. The van der Waals surface area contributed by atoms with Crippen LogP contribution in [0.2, 0.25) is 0 Å². The van der Waals surface area contributed by atoms with Gasteiger partial charge in [0, 0.05) is 48.7 Å². The average molecular weight is 450 g/mol. The van der Waals surface area contributed by atoms with Crippen LogP contribution in [0.25, 0.3) is 33.1 Å². The molecule has 8 heteroatoms. The van der Waals surface area contributed by atoms with E-state index in [0.29, 0.717) is 17.5 Å². The van der Waals surface area contributed by atoms with E-state index in [0.717, 1.165) is 52.8 Å². The molecule has 1 atom stereocenters. The Bertz CT molecular complexity index is 1630. The summed E-state index contributed by atoms with van der Waals surface area (Å²) in [5, 5.41) is 15.6. The number of rotatable bonds is 3. The zero-order valence-electron chi connectivity index (χ0n) is 18.8. The molecule has 1 saturated heterocycles. The van der Waals surface area contributed by atoms with Crippen LogP contribution >= 0.6 is 0 Å². The van der Waals surface area contributed by atoms with Gasteiger partial charge in [-0.25, -0.2) is 4.98 Å². The van der Waals surface area contributed by atoms with Crippen molar-refractivity contribution in [2.45, 2.75) is 18.9 Å². The molecule has 1 unspecified atom stereocenters. The molecule has 0 bridgehead atoms. The summed E-state index contributed by atoms with van der Waals surface area (Å²) >= 11 is 0. The number of para-hydroxylation sites is 1. The first-order valence-electron chi connectivity index (χ1n) is 11.4. The average Bonchev–Trinajstić information content (AvgIpc) is 3.50. The van der Waals surface area contributed by atoms with Crippen LogP contribution in [0.15, 0.2) is 66.0 Å². The van der Waals surface area contributed by atoms with E-state index in [1.54, 1.807) is 15.6 Å². The van der Waals surface area contributed by atoms with Crippen LogP contribution in [0.1, 0.15) is 24.4 Å². The molecule has 0 radical (unpaired) electrons. The molecule has 0 saturated carbocycles. The van der Waals surface area contributed by atoms with Crippen LogP contribution in [0.5, 0.6) is 0 Å². The number of H-pyrrole nitrogens is 1. The summed E-state index contributed by atoms with van der Waals surface area (Å²) in [5.74, 6) is 0. The van der Waals surface area contributed by atoms with E-state index >= 15 is 0 Å². The van der Waals surface area contributed by atoms with E-state index in [4.69, 9.17) is 0 Å². The fraction of sp³-hybridized carbons (Fsp3) is 0.231. The number of aryl methyl sites for hydroxylation is 1. The highest BCUT2D eigenvalue weighted by atomic mass is 16.1. The van der Waals surface area contributed by atoms with Crippen molar-refractivity contribution in [1.82, 2.24) is 24.3 Å². The second kappa shape index (κ2) is 7.89. The maximum atomic E-state index is 13.2.